The maximum atomic E-state index is 12.5. The van der Waals surface area contributed by atoms with E-state index in [0.29, 0.717) is 28.0 Å². The molecule has 7 heteroatoms. The third kappa shape index (κ3) is 4.08. The van der Waals surface area contributed by atoms with E-state index >= 15 is 0 Å². The van der Waals surface area contributed by atoms with Crippen LogP contribution < -0.4 is 4.74 Å². The van der Waals surface area contributed by atoms with Crippen LogP contribution in [0, 0.1) is 0 Å². The number of methoxy groups -OCH3 is 1. The minimum Gasteiger partial charge on any atom is -0.497 e. The van der Waals surface area contributed by atoms with Crippen LogP contribution in [0.2, 0.25) is 5.02 Å². The lowest BCUT2D eigenvalue weighted by Gasteiger charge is -2.08. The van der Waals surface area contributed by atoms with Gasteiger partial charge in [-0.25, -0.2) is 0 Å². The van der Waals surface area contributed by atoms with Crippen LogP contribution in [0.25, 0.3) is 11.4 Å². The SMILES string of the molecule is CCn1c(SCC(=O)c2cccc(OC)c2)nnc1-c1cccc(Cl)c1. The van der Waals surface area contributed by atoms with Crippen LogP contribution in [-0.2, 0) is 6.54 Å². The zero-order valence-electron chi connectivity index (χ0n) is 14.5. The number of hydrogen-bond donors (Lipinski definition) is 0. The number of benzene rings is 2. The summed E-state index contributed by atoms with van der Waals surface area (Å²) in [5.74, 6) is 1.71. The second kappa shape index (κ2) is 8.38. The topological polar surface area (TPSA) is 57.0 Å². The van der Waals surface area contributed by atoms with E-state index in [1.807, 2.05) is 47.9 Å². The summed E-state index contributed by atoms with van der Waals surface area (Å²) >= 11 is 7.45. The lowest BCUT2D eigenvalue weighted by atomic mass is 10.1. The largest absolute Gasteiger partial charge is 0.497 e. The Balaban J connectivity index is 1.77. The summed E-state index contributed by atoms with van der Waals surface area (Å²) in [6.07, 6.45) is 0. The van der Waals surface area contributed by atoms with Crippen molar-refractivity contribution in [1.29, 1.82) is 0 Å². The van der Waals surface area contributed by atoms with Crippen molar-refractivity contribution in [3.8, 4) is 17.1 Å². The van der Waals surface area contributed by atoms with Gasteiger partial charge in [0.15, 0.2) is 16.8 Å². The molecular weight excluding hydrogens is 370 g/mol. The molecule has 0 bridgehead atoms. The molecule has 0 N–H and O–H groups in total. The molecule has 134 valence electrons. The molecule has 0 saturated heterocycles. The Morgan fingerprint density at radius 1 is 1.19 bits per heavy atom. The molecule has 5 nitrogen and oxygen atoms in total. The van der Waals surface area contributed by atoms with Crippen molar-refractivity contribution >= 4 is 29.1 Å². The Morgan fingerprint density at radius 2 is 2.00 bits per heavy atom. The minimum absolute atomic E-state index is 0.0175. The molecule has 1 heterocycles. The first-order valence-electron chi connectivity index (χ1n) is 8.11. The molecule has 0 atom stereocenters. The maximum absolute atomic E-state index is 12.5. The molecular formula is C19H18ClN3O2S. The van der Waals surface area contributed by atoms with Gasteiger partial charge in [-0.15, -0.1) is 10.2 Å². The van der Waals surface area contributed by atoms with Crippen molar-refractivity contribution in [2.45, 2.75) is 18.6 Å². The summed E-state index contributed by atoms with van der Waals surface area (Å²) < 4.78 is 7.15. The number of aromatic nitrogens is 3. The fraction of sp³-hybridized carbons (Fsp3) is 0.211. The van der Waals surface area contributed by atoms with Crippen LogP contribution in [0.1, 0.15) is 17.3 Å². The maximum Gasteiger partial charge on any atom is 0.191 e. The number of Topliss-reactive ketones (excluding diaryl/α,β-unsaturated/α-hetero) is 1. The molecule has 26 heavy (non-hydrogen) atoms. The zero-order valence-corrected chi connectivity index (χ0v) is 16.0. The first kappa shape index (κ1) is 18.5. The number of hydrogen-bond acceptors (Lipinski definition) is 5. The molecule has 0 aliphatic rings. The predicted octanol–water partition coefficient (Wildman–Crippen LogP) is 4.60. The van der Waals surface area contributed by atoms with E-state index in [4.69, 9.17) is 16.3 Å². The van der Waals surface area contributed by atoms with Crippen molar-refractivity contribution in [2.24, 2.45) is 0 Å². The summed E-state index contributed by atoms with van der Waals surface area (Å²) in [5, 5.41) is 9.88. The molecule has 0 saturated carbocycles. The number of halogens is 1. The van der Waals surface area contributed by atoms with Crippen LogP contribution in [0.5, 0.6) is 5.75 Å². The van der Waals surface area contributed by atoms with Gasteiger partial charge in [0.25, 0.3) is 0 Å². The molecule has 3 aromatic rings. The molecule has 1 aromatic heterocycles. The van der Waals surface area contributed by atoms with Crippen molar-refractivity contribution < 1.29 is 9.53 Å². The number of rotatable bonds is 7. The molecule has 0 aliphatic carbocycles. The highest BCUT2D eigenvalue weighted by molar-refractivity contribution is 7.99. The van der Waals surface area contributed by atoms with E-state index < -0.39 is 0 Å². The van der Waals surface area contributed by atoms with E-state index in [1.54, 1.807) is 19.2 Å². The average Bonchev–Trinajstić information content (AvgIpc) is 3.09. The highest BCUT2D eigenvalue weighted by Gasteiger charge is 2.15. The van der Waals surface area contributed by atoms with E-state index in [-0.39, 0.29) is 11.5 Å². The van der Waals surface area contributed by atoms with E-state index in [9.17, 15) is 4.79 Å². The minimum atomic E-state index is 0.0175. The van der Waals surface area contributed by atoms with Gasteiger partial charge in [0.2, 0.25) is 0 Å². The quantitative estimate of drug-likeness (QED) is 0.438. The van der Waals surface area contributed by atoms with Gasteiger partial charge >= 0.3 is 0 Å². The smallest absolute Gasteiger partial charge is 0.191 e. The average molecular weight is 388 g/mol. The van der Waals surface area contributed by atoms with Gasteiger partial charge < -0.3 is 9.30 Å². The van der Waals surface area contributed by atoms with Gasteiger partial charge in [-0.3, -0.25) is 4.79 Å². The van der Waals surface area contributed by atoms with Crippen LogP contribution in [-0.4, -0.2) is 33.4 Å². The third-order valence-corrected chi connectivity index (χ3v) is 5.04. The first-order chi connectivity index (χ1) is 12.6. The second-order valence-corrected chi connectivity index (χ2v) is 6.88. The number of carbonyl (C=O) groups is 1. The Kier molecular flexibility index (Phi) is 5.96. The lowest BCUT2D eigenvalue weighted by Crippen LogP contribution is -2.05. The Morgan fingerprint density at radius 3 is 2.73 bits per heavy atom. The van der Waals surface area contributed by atoms with E-state index in [0.717, 1.165) is 11.4 Å². The molecule has 0 fully saturated rings. The summed E-state index contributed by atoms with van der Waals surface area (Å²) in [5.41, 5.74) is 1.52. The van der Waals surface area contributed by atoms with Gasteiger partial charge in [-0.05, 0) is 31.2 Å². The van der Waals surface area contributed by atoms with Crippen LogP contribution in [0.4, 0.5) is 0 Å². The summed E-state index contributed by atoms with van der Waals surface area (Å²) in [6.45, 7) is 2.72. The predicted molar refractivity (Wildman–Crippen MR) is 104 cm³/mol. The van der Waals surface area contributed by atoms with Gasteiger partial charge in [0.1, 0.15) is 5.75 Å². The summed E-state index contributed by atoms with van der Waals surface area (Å²) in [4.78, 5) is 12.5. The molecule has 0 unspecified atom stereocenters. The van der Waals surface area contributed by atoms with Crippen molar-refractivity contribution in [3.05, 3.63) is 59.1 Å². The molecule has 3 rings (SSSR count). The van der Waals surface area contributed by atoms with Gasteiger partial charge in [0.05, 0.1) is 12.9 Å². The fourth-order valence-corrected chi connectivity index (χ4v) is 3.62. The first-order valence-corrected chi connectivity index (χ1v) is 9.48. The Bertz CT molecular complexity index is 927. The molecule has 2 aromatic carbocycles. The Labute approximate surface area is 161 Å². The van der Waals surface area contributed by atoms with Crippen LogP contribution in [0.3, 0.4) is 0 Å². The number of ketones is 1. The molecule has 0 radical (unpaired) electrons. The monoisotopic (exact) mass is 387 g/mol. The number of nitrogens with zero attached hydrogens (tertiary/aromatic N) is 3. The highest BCUT2D eigenvalue weighted by Crippen LogP contribution is 2.26. The van der Waals surface area contributed by atoms with Crippen molar-refractivity contribution in [2.75, 3.05) is 12.9 Å². The lowest BCUT2D eigenvalue weighted by molar-refractivity contribution is 0.102. The normalized spacial score (nSPS) is 10.7. The standard InChI is InChI=1S/C19H18ClN3O2S/c1-3-23-18(14-7-4-8-15(20)10-14)21-22-19(23)26-12-17(24)13-6-5-9-16(11-13)25-2/h4-11H,3,12H2,1-2H3. The molecule has 0 spiro atoms. The zero-order chi connectivity index (χ0) is 18.5. The van der Waals surface area contributed by atoms with Gasteiger partial charge in [-0.1, -0.05) is 47.6 Å². The molecule has 0 amide bonds. The van der Waals surface area contributed by atoms with Gasteiger partial charge in [-0.2, -0.15) is 0 Å². The Hall–Kier alpha value is -2.31. The number of ether oxygens (including phenoxy) is 1. The highest BCUT2D eigenvalue weighted by atomic mass is 35.5. The number of carbonyl (C=O) groups excluding carboxylic acids is 1. The van der Waals surface area contributed by atoms with Crippen LogP contribution >= 0.6 is 23.4 Å². The summed E-state index contributed by atoms with van der Waals surface area (Å²) in [7, 11) is 1.58. The summed E-state index contributed by atoms with van der Waals surface area (Å²) in [6, 6.07) is 14.6. The third-order valence-electron chi connectivity index (χ3n) is 3.84. The van der Waals surface area contributed by atoms with Crippen LogP contribution in [0.15, 0.2) is 53.7 Å². The van der Waals surface area contributed by atoms with E-state index in [1.165, 1.54) is 11.8 Å². The van der Waals surface area contributed by atoms with E-state index in [2.05, 4.69) is 10.2 Å². The number of thioether (sulfide) groups is 1. The second-order valence-electron chi connectivity index (χ2n) is 5.50. The van der Waals surface area contributed by atoms with Crippen molar-refractivity contribution in [1.82, 2.24) is 14.8 Å². The van der Waals surface area contributed by atoms with Crippen molar-refractivity contribution in [3.63, 3.8) is 0 Å². The molecule has 0 aliphatic heterocycles. The van der Waals surface area contributed by atoms with Gasteiger partial charge in [0, 0.05) is 22.7 Å². The fourth-order valence-electron chi connectivity index (χ4n) is 2.53.